The van der Waals surface area contributed by atoms with Gasteiger partial charge in [0.25, 0.3) is 5.91 Å². The summed E-state index contributed by atoms with van der Waals surface area (Å²) in [5.74, 6) is 0.219. The van der Waals surface area contributed by atoms with E-state index in [-0.39, 0.29) is 5.91 Å². The Kier molecular flexibility index (Phi) is 5.85. The van der Waals surface area contributed by atoms with Crippen LogP contribution >= 0.6 is 0 Å². The summed E-state index contributed by atoms with van der Waals surface area (Å²) in [6, 6.07) is 31.3. The van der Waals surface area contributed by atoms with E-state index < -0.39 is 0 Å². The van der Waals surface area contributed by atoms with Crippen molar-refractivity contribution in [2.24, 2.45) is 5.10 Å². The summed E-state index contributed by atoms with van der Waals surface area (Å²) in [4.78, 5) is 12.7. The van der Waals surface area contributed by atoms with Gasteiger partial charge in [-0.1, -0.05) is 78.9 Å². The van der Waals surface area contributed by atoms with Crippen LogP contribution in [0, 0.1) is 0 Å². The van der Waals surface area contributed by atoms with Crippen molar-refractivity contribution >= 4 is 22.4 Å². The molecule has 0 bridgehead atoms. The minimum atomic E-state index is -0.307. The fourth-order valence-corrected chi connectivity index (χ4v) is 3.19. The molecule has 0 aliphatic heterocycles. The molecule has 1 amide bonds. The molecule has 30 heavy (non-hydrogen) atoms. The summed E-state index contributed by atoms with van der Waals surface area (Å²) < 4.78 is 5.87. The number of amides is 1. The highest BCUT2D eigenvalue weighted by Crippen LogP contribution is 2.20. The summed E-state index contributed by atoms with van der Waals surface area (Å²) >= 11 is 0. The van der Waals surface area contributed by atoms with Gasteiger partial charge in [0.05, 0.1) is 11.3 Å². The predicted molar refractivity (Wildman–Crippen MR) is 121 cm³/mol. The number of fused-ring (bicyclic) bond motifs is 1. The first kappa shape index (κ1) is 19.4. The number of hydrazone groups is 1. The molecule has 0 saturated carbocycles. The quantitative estimate of drug-likeness (QED) is 0.343. The number of para-hydroxylation sites is 1. The third-order valence-corrected chi connectivity index (χ3v) is 4.86. The first-order valence-electron chi connectivity index (χ1n) is 9.80. The van der Waals surface area contributed by atoms with Gasteiger partial charge in [-0.05, 0) is 47.0 Å². The number of nitrogens with one attached hydrogen (secondary N) is 1. The van der Waals surface area contributed by atoms with Crippen molar-refractivity contribution in [1.29, 1.82) is 0 Å². The monoisotopic (exact) mass is 394 g/mol. The molecule has 4 nitrogen and oxygen atoms in total. The molecule has 0 aliphatic carbocycles. The standard InChI is InChI=1S/C26H22N2O2/c1-19(22-16-15-21-11-5-6-12-23(21)17-22)27-28-26(29)24-13-7-8-14-25(24)30-18-20-9-3-2-4-10-20/h2-17H,18H2,1H3,(H,28,29). The Morgan fingerprint density at radius 2 is 1.53 bits per heavy atom. The van der Waals surface area contributed by atoms with E-state index in [1.54, 1.807) is 12.1 Å². The van der Waals surface area contributed by atoms with Crippen molar-refractivity contribution in [2.45, 2.75) is 13.5 Å². The fraction of sp³-hybridized carbons (Fsp3) is 0.0769. The van der Waals surface area contributed by atoms with E-state index in [0.29, 0.717) is 17.9 Å². The Bertz CT molecular complexity index is 1200. The van der Waals surface area contributed by atoms with Crippen LogP contribution in [0.1, 0.15) is 28.4 Å². The van der Waals surface area contributed by atoms with Crippen molar-refractivity contribution in [3.8, 4) is 5.75 Å². The SMILES string of the molecule is CC(=NNC(=O)c1ccccc1OCc1ccccc1)c1ccc2ccccc2c1. The predicted octanol–water partition coefficient (Wildman–Crippen LogP) is 5.57. The Hall–Kier alpha value is -3.92. The molecule has 4 rings (SSSR count). The third kappa shape index (κ3) is 4.55. The minimum Gasteiger partial charge on any atom is -0.488 e. The number of nitrogens with zero attached hydrogens (tertiary/aromatic N) is 1. The first-order chi connectivity index (χ1) is 14.7. The van der Waals surface area contributed by atoms with E-state index >= 15 is 0 Å². The lowest BCUT2D eigenvalue weighted by atomic mass is 10.0. The van der Waals surface area contributed by atoms with Gasteiger partial charge in [-0.3, -0.25) is 4.79 Å². The zero-order chi connectivity index (χ0) is 20.8. The summed E-state index contributed by atoms with van der Waals surface area (Å²) in [6.45, 7) is 2.27. The van der Waals surface area contributed by atoms with E-state index in [9.17, 15) is 4.79 Å². The molecule has 0 aromatic heterocycles. The first-order valence-corrected chi connectivity index (χ1v) is 9.80. The van der Waals surface area contributed by atoms with Gasteiger partial charge in [0.15, 0.2) is 0 Å². The molecule has 148 valence electrons. The average molecular weight is 394 g/mol. The number of rotatable bonds is 6. The van der Waals surface area contributed by atoms with Crippen molar-refractivity contribution < 1.29 is 9.53 Å². The van der Waals surface area contributed by atoms with Crippen molar-refractivity contribution in [3.63, 3.8) is 0 Å². The molecule has 0 spiro atoms. The molecule has 4 heteroatoms. The summed E-state index contributed by atoms with van der Waals surface area (Å²) in [5.41, 5.74) is 5.83. The maximum Gasteiger partial charge on any atom is 0.275 e. The van der Waals surface area contributed by atoms with E-state index in [1.165, 1.54) is 5.39 Å². The number of carbonyl (C=O) groups excluding carboxylic acids is 1. The van der Waals surface area contributed by atoms with Crippen LogP contribution in [-0.2, 0) is 6.61 Å². The fourth-order valence-electron chi connectivity index (χ4n) is 3.19. The Morgan fingerprint density at radius 1 is 0.833 bits per heavy atom. The second-order valence-electron chi connectivity index (χ2n) is 6.97. The van der Waals surface area contributed by atoms with Crippen molar-refractivity contribution in [1.82, 2.24) is 5.43 Å². The molecular weight excluding hydrogens is 372 g/mol. The van der Waals surface area contributed by atoms with Crippen molar-refractivity contribution in [3.05, 3.63) is 114 Å². The summed E-state index contributed by atoms with van der Waals surface area (Å²) in [5, 5.41) is 6.60. The largest absolute Gasteiger partial charge is 0.488 e. The van der Waals surface area contributed by atoms with Gasteiger partial charge in [0, 0.05) is 0 Å². The topological polar surface area (TPSA) is 50.7 Å². The smallest absolute Gasteiger partial charge is 0.275 e. The Balaban J connectivity index is 1.47. The highest BCUT2D eigenvalue weighted by Gasteiger charge is 2.12. The summed E-state index contributed by atoms with van der Waals surface area (Å²) in [6.07, 6.45) is 0. The van der Waals surface area contributed by atoms with Crippen LogP contribution in [0.4, 0.5) is 0 Å². The highest BCUT2D eigenvalue weighted by molar-refractivity contribution is 6.03. The number of carbonyl (C=O) groups is 1. The number of ether oxygens (including phenoxy) is 1. The van der Waals surface area contributed by atoms with Gasteiger partial charge < -0.3 is 4.74 Å². The zero-order valence-corrected chi connectivity index (χ0v) is 16.7. The maximum absolute atomic E-state index is 12.7. The van der Waals surface area contributed by atoms with E-state index in [4.69, 9.17) is 4.74 Å². The Labute approximate surface area is 175 Å². The second kappa shape index (κ2) is 9.05. The molecule has 0 unspecified atom stereocenters. The molecule has 1 N–H and O–H groups in total. The lowest BCUT2D eigenvalue weighted by Crippen LogP contribution is -2.20. The van der Waals surface area contributed by atoms with Gasteiger partial charge in [-0.15, -0.1) is 0 Å². The Morgan fingerprint density at radius 3 is 2.37 bits per heavy atom. The molecule has 0 fully saturated rings. The summed E-state index contributed by atoms with van der Waals surface area (Å²) in [7, 11) is 0. The normalized spacial score (nSPS) is 11.3. The number of hydrogen-bond donors (Lipinski definition) is 1. The van der Waals surface area contributed by atoms with Crippen LogP contribution in [0.25, 0.3) is 10.8 Å². The van der Waals surface area contributed by atoms with E-state index in [1.807, 2.05) is 67.6 Å². The van der Waals surface area contributed by atoms with E-state index in [2.05, 4.69) is 34.8 Å². The molecule has 0 aliphatic rings. The lowest BCUT2D eigenvalue weighted by Gasteiger charge is -2.11. The van der Waals surface area contributed by atoms with Gasteiger partial charge in [0.2, 0.25) is 0 Å². The van der Waals surface area contributed by atoms with Crippen LogP contribution in [0.2, 0.25) is 0 Å². The molecule has 4 aromatic rings. The molecule has 0 heterocycles. The van der Waals surface area contributed by atoms with Crippen LogP contribution in [0.3, 0.4) is 0 Å². The molecular formula is C26H22N2O2. The maximum atomic E-state index is 12.7. The molecule has 0 radical (unpaired) electrons. The number of benzene rings is 4. The van der Waals surface area contributed by atoms with Crippen LogP contribution < -0.4 is 10.2 Å². The van der Waals surface area contributed by atoms with Gasteiger partial charge in [-0.2, -0.15) is 5.10 Å². The van der Waals surface area contributed by atoms with Gasteiger partial charge in [-0.25, -0.2) is 5.43 Å². The second-order valence-corrected chi connectivity index (χ2v) is 6.97. The molecule has 0 atom stereocenters. The lowest BCUT2D eigenvalue weighted by molar-refractivity contribution is 0.0950. The van der Waals surface area contributed by atoms with Crippen LogP contribution in [0.15, 0.2) is 102 Å². The third-order valence-electron chi connectivity index (χ3n) is 4.86. The van der Waals surface area contributed by atoms with Crippen LogP contribution in [-0.4, -0.2) is 11.6 Å². The number of hydrogen-bond acceptors (Lipinski definition) is 3. The molecule has 0 saturated heterocycles. The zero-order valence-electron chi connectivity index (χ0n) is 16.7. The minimum absolute atomic E-state index is 0.307. The van der Waals surface area contributed by atoms with E-state index in [0.717, 1.165) is 22.2 Å². The van der Waals surface area contributed by atoms with Gasteiger partial charge in [0.1, 0.15) is 12.4 Å². The van der Waals surface area contributed by atoms with Gasteiger partial charge >= 0.3 is 0 Å². The average Bonchev–Trinajstić information content (AvgIpc) is 2.81. The molecule has 4 aromatic carbocycles. The highest BCUT2D eigenvalue weighted by atomic mass is 16.5. The van der Waals surface area contributed by atoms with Crippen molar-refractivity contribution in [2.75, 3.05) is 0 Å². The van der Waals surface area contributed by atoms with Crippen LogP contribution in [0.5, 0.6) is 5.75 Å².